The summed E-state index contributed by atoms with van der Waals surface area (Å²) in [6.45, 7) is 10.9. The van der Waals surface area contributed by atoms with Crippen LogP contribution in [0.3, 0.4) is 0 Å². The van der Waals surface area contributed by atoms with Crippen molar-refractivity contribution in [3.05, 3.63) is 266 Å². The maximum atomic E-state index is 14.2. The third-order valence-electron chi connectivity index (χ3n) is 24.2. The lowest BCUT2D eigenvalue weighted by molar-refractivity contribution is -0.707. The first kappa shape index (κ1) is 94.2. The number of ether oxygens (including phenoxy) is 3. The molecule has 13 heterocycles. The monoisotopic (exact) mass is 1870 g/mol. The highest BCUT2D eigenvalue weighted by Crippen LogP contribution is 2.34. The van der Waals surface area contributed by atoms with Crippen molar-refractivity contribution in [2.45, 2.75) is 116 Å². The third kappa shape index (κ3) is 22.1. The van der Waals surface area contributed by atoms with Crippen molar-refractivity contribution in [2.24, 2.45) is 14.1 Å². The highest BCUT2D eigenvalue weighted by molar-refractivity contribution is 7.92. The molecule has 35 nitrogen and oxygen atoms in total. The van der Waals surface area contributed by atoms with Crippen molar-refractivity contribution in [3.63, 3.8) is 0 Å². The first-order chi connectivity index (χ1) is 64.8. The number of anilines is 9. The summed E-state index contributed by atoms with van der Waals surface area (Å²) in [5, 5.41) is 23.2. The number of nitrogens with zero attached hydrogens (tertiary/aromatic N) is 18. The van der Waals surface area contributed by atoms with Crippen LogP contribution in [0.4, 0.5) is 52.0 Å². The van der Waals surface area contributed by atoms with Crippen molar-refractivity contribution in [1.82, 2.24) is 88.4 Å². The molecule has 9 aromatic heterocycles. The molecule has 38 heteroatoms. The predicted molar refractivity (Wildman–Crippen MR) is 519 cm³/mol. The number of aromatic amines is 1. The smallest absolute Gasteiger partial charge is 0.276 e. The summed E-state index contributed by atoms with van der Waals surface area (Å²) < 4.78 is 77.0. The van der Waals surface area contributed by atoms with Gasteiger partial charge in [-0.05, 0) is 183 Å². The number of likely N-dealkylation sites (N-methyl/N-ethyl adjacent to an activating group) is 2. The van der Waals surface area contributed by atoms with Crippen LogP contribution in [0.5, 0.6) is 5.75 Å². The molecular formula is C96H111N24O11S3+. The molecule has 0 aliphatic carbocycles. The highest BCUT2D eigenvalue weighted by atomic mass is 32.2. The molecule has 14 aromatic rings. The number of likely N-dealkylation sites (tertiary alicyclic amines) is 2. The number of aryl methyl sites for hydroxylation is 2. The van der Waals surface area contributed by atoms with E-state index in [4.69, 9.17) is 24.2 Å². The van der Waals surface area contributed by atoms with E-state index in [-0.39, 0.29) is 76.8 Å². The van der Waals surface area contributed by atoms with Crippen LogP contribution in [0.15, 0.2) is 224 Å². The fraction of sp³-hybridized carbons (Fsp3) is 0.354. The van der Waals surface area contributed by atoms with Crippen LogP contribution in [-0.4, -0.2) is 229 Å². The second-order valence-electron chi connectivity index (χ2n) is 34.2. The van der Waals surface area contributed by atoms with E-state index in [9.17, 15) is 36.0 Å². The van der Waals surface area contributed by atoms with Gasteiger partial charge in [0.15, 0.2) is 21.3 Å². The number of rotatable bonds is 29. The van der Waals surface area contributed by atoms with Crippen LogP contribution in [-0.2, 0) is 74.6 Å². The number of ketones is 1. The number of methoxy groups -OCH3 is 1. The van der Waals surface area contributed by atoms with Crippen LogP contribution in [0.2, 0.25) is 0 Å². The number of piperidine rings is 2. The van der Waals surface area contributed by atoms with Gasteiger partial charge in [-0.15, -0.1) is 0 Å². The summed E-state index contributed by atoms with van der Waals surface area (Å²) in [6.07, 6.45) is 19.3. The highest BCUT2D eigenvalue weighted by Gasteiger charge is 2.32. The number of morpholine rings is 1. The number of carbonyl (C=O) groups excluding carboxylic acids is 1. The molecule has 4 fully saturated rings. The van der Waals surface area contributed by atoms with Gasteiger partial charge in [0.1, 0.15) is 50.1 Å². The van der Waals surface area contributed by atoms with Crippen molar-refractivity contribution < 1.29 is 40.4 Å². The summed E-state index contributed by atoms with van der Waals surface area (Å²) in [5.74, 6) is 1.62. The molecule has 5 aromatic carbocycles. The van der Waals surface area contributed by atoms with Crippen molar-refractivity contribution in [1.29, 1.82) is 0 Å². The second kappa shape index (κ2) is 42.5. The van der Waals surface area contributed by atoms with E-state index in [1.807, 2.05) is 134 Å². The zero-order valence-electron chi connectivity index (χ0n) is 76.6. The fourth-order valence-electron chi connectivity index (χ4n) is 17.0. The number of benzene rings is 5. The molecule has 4 aliphatic rings. The summed E-state index contributed by atoms with van der Waals surface area (Å²) in [7, 11) is 6.73. The van der Waals surface area contributed by atoms with Crippen LogP contribution >= 0.6 is 0 Å². The average molecular weight is 1870 g/mol. The van der Waals surface area contributed by atoms with E-state index in [2.05, 4.69) is 102 Å². The van der Waals surface area contributed by atoms with E-state index in [0.29, 0.717) is 97.2 Å². The standard InChI is InChI=1S/C33H38N8O4S.C33H35N7O5S.C30H37N9O2S/c1-39-22-36-28(32(39)46(43)17-16-44-3)21-41-30-23(18-29(31(41)42)40(2)25-8-5-4-6-9-25)19-35-33(38-30)37-24-11-13-26(14-12-24)45-27-10-7-15-34-20-27;1-21(2)46(43,44)29-20-39(4)37-27(29)18-40-31-24(16-26(32(40)42)30(41)23-8-6-5-7-9-23)17-34-33(36-31)35-25-12-10-22(11-13-25)28-19-38(3)14-15-45-28;1-37-15-11-23(18-37)34-21-7-9-22(10-8-21)35-30-33-17-20-16-24(26-6-4-5-14-38(26)2)29(40)39(27(20)36-30)19-25-28(42(3)41)32-13-12-31-25/h4-6,8-9,11-14,18-19,22,27,34H,7,10,15-17,20-21H2,1-3H3,(H,35,37,38,42);5-13,16-17,20-21,28H,14-15,18-19H2,1-4H3,(H,34,35,36);7-10,12-13,16-17,23,26,34H,4-6,11,14-15,18-19H2,1-3H3,(H,33,35,36)/p+1. The number of hydrogen-bond acceptors (Lipinski definition) is 29. The molecule has 6 unspecified atom stereocenters. The Morgan fingerprint density at radius 1 is 0.657 bits per heavy atom. The molecule has 0 saturated carbocycles. The molecule has 0 spiro atoms. The predicted octanol–water partition coefficient (Wildman–Crippen LogP) is 10.5. The summed E-state index contributed by atoms with van der Waals surface area (Å²) in [5.41, 5.74) is 8.27. The third-order valence-corrected chi connectivity index (χ3v) is 28.8. The number of pyridine rings is 3. The summed E-state index contributed by atoms with van der Waals surface area (Å²) in [4.78, 5) is 104. The van der Waals surface area contributed by atoms with Crippen LogP contribution < -0.4 is 57.5 Å². The Bertz CT molecular complexity index is 6900. The maximum absolute atomic E-state index is 14.2. The molecule has 6 atom stereocenters. The number of hydrogen-bond donors (Lipinski definition) is 6. The van der Waals surface area contributed by atoms with Gasteiger partial charge >= 0.3 is 0 Å². The number of nitrogens with one attached hydrogen (secondary N) is 6. The van der Waals surface area contributed by atoms with E-state index >= 15 is 0 Å². The first-order valence-corrected chi connectivity index (χ1v) is 49.1. The molecule has 4 aliphatic heterocycles. The Morgan fingerprint density at radius 3 is 1.87 bits per heavy atom. The molecule has 6 N–H and O–H groups in total. The van der Waals surface area contributed by atoms with Gasteiger partial charge in [-0.25, -0.2) is 37.9 Å². The Hall–Kier alpha value is -13.1. The lowest BCUT2D eigenvalue weighted by Gasteiger charge is -2.32. The van der Waals surface area contributed by atoms with Gasteiger partial charge in [-0.3, -0.25) is 55.9 Å². The molecule has 0 bridgehead atoms. The number of imidazole rings is 1. The van der Waals surface area contributed by atoms with Crippen LogP contribution in [0, 0.1) is 0 Å². The van der Waals surface area contributed by atoms with E-state index < -0.39 is 48.0 Å². The minimum atomic E-state index is -3.73. The SMILES string of the molecule is CC(C)S(=O)(=O)c1cn(C)nc1Cn1c(=O)c(C(=O)c2ccccc2)cc2cnc(Nc3ccc(C4CN(C)CCO4)cc3)nc21.CN1CCC(Nc2ccc(Nc3ncc4cc(C5CCCCN5C)c(=O)n(Cc5nccnc5S(C)=O)c4n3)cc2)C1.COCCS(=O)c1c(Cn2c(=O)c(N(C)c3ccccc3)cc3cnc(Nc4ccc(OC5CCCNC5)cc4)nc32)[nH]c[n+]1C. The van der Waals surface area contributed by atoms with Gasteiger partial charge in [0, 0.05) is 159 Å². The normalized spacial score (nSPS) is 17.2. The number of para-hydroxylation sites is 1. The first-order valence-electron chi connectivity index (χ1n) is 44.6. The molecule has 18 rings (SSSR count). The molecule has 0 amide bonds. The average Bonchev–Trinajstić information content (AvgIpc) is 1.19. The Labute approximate surface area is 780 Å². The topological polar surface area (TPSA) is 393 Å². The molecule has 0 radical (unpaired) electrons. The van der Waals surface area contributed by atoms with Gasteiger partial charge < -0.3 is 55.5 Å². The van der Waals surface area contributed by atoms with Crippen molar-refractivity contribution >= 4 is 122 Å². The van der Waals surface area contributed by atoms with E-state index in [1.54, 1.807) is 103 Å². The van der Waals surface area contributed by atoms with Gasteiger partial charge in [-0.1, -0.05) is 67.1 Å². The summed E-state index contributed by atoms with van der Waals surface area (Å²) >= 11 is 0. The van der Waals surface area contributed by atoms with E-state index in [0.717, 1.165) is 129 Å². The van der Waals surface area contributed by atoms with E-state index in [1.165, 1.54) is 33.9 Å². The van der Waals surface area contributed by atoms with Gasteiger partial charge in [0.25, 0.3) is 16.7 Å². The van der Waals surface area contributed by atoms with Crippen molar-refractivity contribution in [3.8, 4) is 5.75 Å². The summed E-state index contributed by atoms with van der Waals surface area (Å²) in [6, 6.07) is 47.4. The van der Waals surface area contributed by atoms with Crippen LogP contribution in [0.1, 0.15) is 109 Å². The van der Waals surface area contributed by atoms with Gasteiger partial charge in [0.05, 0.1) is 89.9 Å². The molecule has 134 heavy (non-hydrogen) atoms. The lowest BCUT2D eigenvalue weighted by atomic mass is 9.96. The molecule has 698 valence electrons. The Kier molecular flexibility index (Phi) is 29.8. The quantitative estimate of drug-likeness (QED) is 0.0187. The Morgan fingerprint density at radius 2 is 1.25 bits per heavy atom. The largest absolute Gasteiger partial charge is 0.489 e. The van der Waals surface area contributed by atoms with Crippen LogP contribution in [0.25, 0.3) is 33.1 Å². The fourth-order valence-corrected chi connectivity index (χ4v) is 20.2. The molecule has 4 saturated heterocycles. The van der Waals surface area contributed by atoms with Gasteiger partial charge in [0.2, 0.25) is 29.2 Å². The number of H-pyrrole nitrogens is 1. The lowest BCUT2D eigenvalue weighted by Crippen LogP contribution is -2.37. The zero-order chi connectivity index (χ0) is 93.8. The molecular weight excluding hydrogens is 1760 g/mol. The minimum absolute atomic E-state index is 0.0112. The Balaban J connectivity index is 0.000000146. The van der Waals surface area contributed by atoms with Crippen molar-refractivity contribution in [2.75, 3.05) is 133 Å². The number of carbonyl (C=O) groups is 1. The zero-order valence-corrected chi connectivity index (χ0v) is 79.0. The number of fused-ring (bicyclic) bond motifs is 3. The van der Waals surface area contributed by atoms with Gasteiger partial charge in [-0.2, -0.15) is 20.1 Å². The number of sulfone groups is 1. The maximum Gasteiger partial charge on any atom is 0.276 e. The minimum Gasteiger partial charge on any atom is -0.489 e. The second-order valence-corrected chi connectivity index (χ2v) is 39.5. The number of aromatic nitrogens is 15.